The third-order valence-corrected chi connectivity index (χ3v) is 5.74. The molecule has 188 valence electrons. The van der Waals surface area contributed by atoms with Gasteiger partial charge in [-0.15, -0.1) is 13.2 Å². The van der Waals surface area contributed by atoms with Gasteiger partial charge in [0.15, 0.2) is 0 Å². The van der Waals surface area contributed by atoms with Gasteiger partial charge in [-0.1, -0.05) is 48.5 Å². The van der Waals surface area contributed by atoms with E-state index in [1.807, 2.05) is 49.4 Å². The van der Waals surface area contributed by atoms with Gasteiger partial charge in [-0.2, -0.15) is 0 Å². The molecule has 0 radical (unpaired) electrons. The highest BCUT2D eigenvalue weighted by atomic mass is 19.4. The van der Waals surface area contributed by atoms with Crippen LogP contribution in [0.5, 0.6) is 5.75 Å². The van der Waals surface area contributed by atoms with Crippen LogP contribution in [0.4, 0.5) is 29.3 Å². The Hall–Kier alpha value is -4.01. The van der Waals surface area contributed by atoms with E-state index in [1.54, 1.807) is 21.9 Å². The van der Waals surface area contributed by atoms with Gasteiger partial charge in [0.25, 0.3) is 0 Å². The van der Waals surface area contributed by atoms with Crippen LogP contribution in [0.1, 0.15) is 23.1 Å². The number of ether oxygens (including phenoxy) is 1. The van der Waals surface area contributed by atoms with E-state index in [0.717, 1.165) is 11.1 Å². The maximum Gasteiger partial charge on any atom is 0.573 e. The molecule has 0 spiro atoms. The molecule has 0 aromatic heterocycles. The second kappa shape index (κ2) is 10.7. The molecule has 1 aliphatic heterocycles. The molecule has 6 nitrogen and oxygen atoms in total. The van der Waals surface area contributed by atoms with Crippen molar-refractivity contribution in [3.05, 3.63) is 89.5 Å². The Labute approximate surface area is 207 Å². The van der Waals surface area contributed by atoms with Crippen LogP contribution < -0.4 is 15.0 Å². The van der Waals surface area contributed by atoms with Crippen LogP contribution in [0.3, 0.4) is 0 Å². The lowest BCUT2D eigenvalue weighted by Gasteiger charge is -2.36. The number of anilines is 2. The first-order valence-corrected chi connectivity index (χ1v) is 11.5. The minimum absolute atomic E-state index is 0.131. The quantitative estimate of drug-likeness (QED) is 0.442. The summed E-state index contributed by atoms with van der Waals surface area (Å²) in [4.78, 5) is 29.3. The lowest BCUT2D eigenvalue weighted by Crippen LogP contribution is -2.49. The number of carbonyl (C=O) groups is 2. The minimum Gasteiger partial charge on any atom is -0.406 e. The Kier molecular flexibility index (Phi) is 7.47. The largest absolute Gasteiger partial charge is 0.573 e. The highest BCUT2D eigenvalue weighted by molar-refractivity contribution is 6.01. The van der Waals surface area contributed by atoms with Crippen molar-refractivity contribution in [2.75, 3.05) is 23.3 Å². The molecule has 3 amide bonds. The van der Waals surface area contributed by atoms with Crippen LogP contribution in [0.25, 0.3) is 0 Å². The van der Waals surface area contributed by atoms with Crippen LogP contribution in [0.2, 0.25) is 0 Å². The molecule has 0 atom stereocenters. The van der Waals surface area contributed by atoms with Crippen molar-refractivity contribution >= 4 is 23.3 Å². The molecule has 1 saturated heterocycles. The molecule has 4 rings (SSSR count). The average Bonchev–Trinajstić information content (AvgIpc) is 2.81. The summed E-state index contributed by atoms with van der Waals surface area (Å²) in [7, 11) is 0. The SMILES string of the molecule is Cc1ccc(N2CCCN(Cc3cccc(OC(F)(F)F)c3)C2=O)c(NC(=O)Cc2ccccc2)c1. The first-order chi connectivity index (χ1) is 17.2. The number of nitrogens with one attached hydrogen (secondary N) is 1. The summed E-state index contributed by atoms with van der Waals surface area (Å²) in [6, 6.07) is 20.2. The first-order valence-electron chi connectivity index (χ1n) is 11.5. The fourth-order valence-electron chi connectivity index (χ4n) is 4.17. The zero-order valence-electron chi connectivity index (χ0n) is 19.7. The molecule has 0 aliphatic carbocycles. The number of carbonyl (C=O) groups excluding carboxylic acids is 2. The van der Waals surface area contributed by atoms with Crippen LogP contribution in [0, 0.1) is 6.92 Å². The highest BCUT2D eigenvalue weighted by Crippen LogP contribution is 2.31. The molecule has 1 aliphatic rings. The van der Waals surface area contributed by atoms with Crippen molar-refractivity contribution in [1.29, 1.82) is 0 Å². The molecule has 0 saturated carbocycles. The first kappa shape index (κ1) is 25.1. The van der Waals surface area contributed by atoms with Gasteiger partial charge >= 0.3 is 12.4 Å². The molecular formula is C27H26F3N3O3. The van der Waals surface area contributed by atoms with E-state index >= 15 is 0 Å². The van der Waals surface area contributed by atoms with Gasteiger partial charge in [-0.25, -0.2) is 4.79 Å². The van der Waals surface area contributed by atoms with E-state index < -0.39 is 6.36 Å². The van der Waals surface area contributed by atoms with Gasteiger partial charge in [0.2, 0.25) is 5.91 Å². The second-order valence-corrected chi connectivity index (χ2v) is 8.64. The summed E-state index contributed by atoms with van der Waals surface area (Å²) in [5.74, 6) is -0.529. The number of halogens is 3. The van der Waals surface area contributed by atoms with E-state index in [4.69, 9.17) is 0 Å². The smallest absolute Gasteiger partial charge is 0.406 e. The highest BCUT2D eigenvalue weighted by Gasteiger charge is 2.32. The summed E-state index contributed by atoms with van der Waals surface area (Å²) in [6.45, 7) is 2.95. The van der Waals surface area contributed by atoms with E-state index in [-0.39, 0.29) is 30.7 Å². The number of amides is 3. The van der Waals surface area contributed by atoms with Gasteiger partial charge in [0.1, 0.15) is 5.75 Å². The third kappa shape index (κ3) is 6.56. The lowest BCUT2D eigenvalue weighted by molar-refractivity contribution is -0.274. The van der Waals surface area contributed by atoms with Gasteiger partial charge in [0, 0.05) is 19.6 Å². The summed E-state index contributed by atoms with van der Waals surface area (Å²) >= 11 is 0. The number of aryl methyl sites for hydroxylation is 1. The Morgan fingerprint density at radius 2 is 1.72 bits per heavy atom. The Balaban J connectivity index is 1.50. The fraction of sp³-hybridized carbons (Fsp3) is 0.259. The van der Waals surface area contributed by atoms with Gasteiger partial charge in [-0.05, 0) is 54.3 Å². The maximum atomic E-state index is 13.4. The van der Waals surface area contributed by atoms with Gasteiger partial charge in [0.05, 0.1) is 17.8 Å². The lowest BCUT2D eigenvalue weighted by atomic mass is 10.1. The van der Waals surface area contributed by atoms with Crippen molar-refractivity contribution in [3.8, 4) is 5.75 Å². The molecule has 1 N–H and O–H groups in total. The van der Waals surface area contributed by atoms with Gasteiger partial charge in [-0.3, -0.25) is 9.69 Å². The number of alkyl halides is 3. The number of benzene rings is 3. The van der Waals surface area contributed by atoms with Crippen LogP contribution in [0.15, 0.2) is 72.8 Å². The Morgan fingerprint density at radius 3 is 2.47 bits per heavy atom. The summed E-state index contributed by atoms with van der Waals surface area (Å²) in [5.41, 5.74) is 3.43. The number of nitrogens with zero attached hydrogens (tertiary/aromatic N) is 2. The standard InChI is InChI=1S/C27H26F3N3O3/c1-19-11-12-24(23(15-19)31-25(34)17-20-7-3-2-4-8-20)33-14-6-13-32(26(33)35)18-21-9-5-10-22(16-21)36-27(28,29)30/h2-5,7-12,15-16H,6,13-14,17-18H2,1H3,(H,31,34). The molecule has 36 heavy (non-hydrogen) atoms. The minimum atomic E-state index is -4.79. The summed E-state index contributed by atoms with van der Waals surface area (Å²) in [6.07, 6.45) is -3.93. The topological polar surface area (TPSA) is 61.9 Å². The monoisotopic (exact) mass is 497 g/mol. The molecular weight excluding hydrogens is 471 g/mol. The number of hydrogen-bond acceptors (Lipinski definition) is 3. The second-order valence-electron chi connectivity index (χ2n) is 8.64. The predicted molar refractivity (Wildman–Crippen MR) is 131 cm³/mol. The maximum absolute atomic E-state index is 13.4. The zero-order chi connectivity index (χ0) is 25.7. The molecule has 0 unspecified atom stereocenters. The molecule has 0 bridgehead atoms. The normalized spacial score (nSPS) is 14.1. The van der Waals surface area contributed by atoms with Crippen molar-refractivity contribution in [1.82, 2.24) is 4.90 Å². The predicted octanol–water partition coefficient (Wildman–Crippen LogP) is 5.91. The summed E-state index contributed by atoms with van der Waals surface area (Å²) in [5, 5.41) is 2.94. The van der Waals surface area contributed by atoms with E-state index in [1.165, 1.54) is 18.2 Å². The van der Waals surface area contributed by atoms with Crippen molar-refractivity contribution in [3.63, 3.8) is 0 Å². The average molecular weight is 498 g/mol. The van der Waals surface area contributed by atoms with Crippen LogP contribution in [-0.4, -0.2) is 36.3 Å². The van der Waals surface area contributed by atoms with Gasteiger partial charge < -0.3 is 15.0 Å². The number of hydrogen-bond donors (Lipinski definition) is 1. The van der Waals surface area contributed by atoms with E-state index in [2.05, 4.69) is 10.1 Å². The van der Waals surface area contributed by atoms with Crippen molar-refractivity contribution in [2.45, 2.75) is 32.7 Å². The molecule has 9 heteroatoms. The molecule has 1 fully saturated rings. The van der Waals surface area contributed by atoms with E-state index in [0.29, 0.717) is 36.4 Å². The molecule has 3 aromatic rings. The van der Waals surface area contributed by atoms with Crippen molar-refractivity contribution < 1.29 is 27.5 Å². The molecule has 3 aromatic carbocycles. The van der Waals surface area contributed by atoms with Crippen molar-refractivity contribution in [2.24, 2.45) is 0 Å². The third-order valence-electron chi connectivity index (χ3n) is 5.74. The van der Waals surface area contributed by atoms with Crippen LogP contribution >= 0.6 is 0 Å². The summed E-state index contributed by atoms with van der Waals surface area (Å²) < 4.78 is 41.8. The Bertz CT molecular complexity index is 1230. The fourth-order valence-corrected chi connectivity index (χ4v) is 4.17. The zero-order valence-corrected chi connectivity index (χ0v) is 19.7. The van der Waals surface area contributed by atoms with Crippen LogP contribution in [-0.2, 0) is 17.8 Å². The Morgan fingerprint density at radius 1 is 0.972 bits per heavy atom. The number of urea groups is 1. The molecule has 1 heterocycles. The number of rotatable bonds is 7. The van der Waals surface area contributed by atoms with E-state index in [9.17, 15) is 22.8 Å².